The van der Waals surface area contributed by atoms with Gasteiger partial charge in [0.1, 0.15) is 0 Å². The summed E-state index contributed by atoms with van der Waals surface area (Å²) in [5.41, 5.74) is 4.86. The number of hydrogen-bond acceptors (Lipinski definition) is 2. The van der Waals surface area contributed by atoms with Gasteiger partial charge in [-0.15, -0.1) is 0 Å². The first kappa shape index (κ1) is 15.3. The number of benzene rings is 2. The highest BCUT2D eigenvalue weighted by Gasteiger charge is 2.11. The van der Waals surface area contributed by atoms with Crippen molar-refractivity contribution in [2.75, 3.05) is 19.4 Å². The normalized spacial score (nSPS) is 11.1. The maximum atomic E-state index is 12.6. The first-order valence-corrected chi connectivity index (χ1v) is 7.66. The molecule has 0 bridgehead atoms. The number of nitrogens with zero attached hydrogens (tertiary/aromatic N) is 1. The topological polar surface area (TPSA) is 48.1 Å². The molecule has 23 heavy (non-hydrogen) atoms. The van der Waals surface area contributed by atoms with Gasteiger partial charge in [-0.3, -0.25) is 4.79 Å². The van der Waals surface area contributed by atoms with Gasteiger partial charge in [0, 0.05) is 34.9 Å². The summed E-state index contributed by atoms with van der Waals surface area (Å²) < 4.78 is 0. The molecule has 2 N–H and O–H groups in total. The van der Waals surface area contributed by atoms with Gasteiger partial charge < -0.3 is 15.2 Å². The molecule has 1 heterocycles. The van der Waals surface area contributed by atoms with Crippen LogP contribution >= 0.6 is 0 Å². The number of rotatable bonds is 4. The van der Waals surface area contributed by atoms with Crippen LogP contribution in [0, 0.1) is 6.92 Å². The summed E-state index contributed by atoms with van der Waals surface area (Å²) in [5, 5.41) is 4.08. The van der Waals surface area contributed by atoms with Crippen LogP contribution in [-0.2, 0) is 6.54 Å². The third-order valence-corrected chi connectivity index (χ3v) is 3.81. The first-order valence-electron chi connectivity index (χ1n) is 7.66. The highest BCUT2D eigenvalue weighted by atomic mass is 16.1. The highest BCUT2D eigenvalue weighted by Crippen LogP contribution is 2.21. The van der Waals surface area contributed by atoms with Gasteiger partial charge in [0.05, 0.1) is 0 Å². The summed E-state index contributed by atoms with van der Waals surface area (Å²) in [5.74, 6) is -0.0861. The minimum absolute atomic E-state index is 0.0861. The van der Waals surface area contributed by atoms with E-state index in [2.05, 4.69) is 28.2 Å². The van der Waals surface area contributed by atoms with Crippen LogP contribution in [0.1, 0.15) is 21.5 Å². The SMILES string of the molecule is Cc1ccc(NC(=O)c2ccc3[nH]ccc3c2)c(CN(C)C)c1. The van der Waals surface area contributed by atoms with Crippen molar-refractivity contribution >= 4 is 22.5 Å². The minimum Gasteiger partial charge on any atom is -0.361 e. The lowest BCUT2D eigenvalue weighted by Gasteiger charge is -2.16. The van der Waals surface area contributed by atoms with Crippen LogP contribution in [0.3, 0.4) is 0 Å². The van der Waals surface area contributed by atoms with Crippen molar-refractivity contribution in [2.45, 2.75) is 13.5 Å². The van der Waals surface area contributed by atoms with Crippen LogP contribution in [0.4, 0.5) is 5.69 Å². The third kappa shape index (κ3) is 3.43. The molecule has 0 aliphatic carbocycles. The zero-order valence-corrected chi connectivity index (χ0v) is 13.7. The van der Waals surface area contributed by atoms with E-state index in [1.165, 1.54) is 5.56 Å². The molecule has 0 saturated carbocycles. The molecule has 3 aromatic rings. The summed E-state index contributed by atoms with van der Waals surface area (Å²) in [6.07, 6.45) is 1.88. The molecule has 0 fully saturated rings. The quantitative estimate of drug-likeness (QED) is 0.770. The number of hydrogen-bond donors (Lipinski definition) is 2. The largest absolute Gasteiger partial charge is 0.361 e. The number of carbonyl (C=O) groups is 1. The molecule has 4 heteroatoms. The van der Waals surface area contributed by atoms with Gasteiger partial charge in [-0.05, 0) is 56.9 Å². The van der Waals surface area contributed by atoms with Crippen molar-refractivity contribution in [3.05, 3.63) is 65.4 Å². The fourth-order valence-electron chi connectivity index (χ4n) is 2.70. The van der Waals surface area contributed by atoms with Gasteiger partial charge >= 0.3 is 0 Å². The summed E-state index contributed by atoms with van der Waals surface area (Å²) >= 11 is 0. The van der Waals surface area contributed by atoms with Gasteiger partial charge in [0.25, 0.3) is 5.91 Å². The van der Waals surface area contributed by atoms with Crippen molar-refractivity contribution < 1.29 is 4.79 Å². The molecule has 118 valence electrons. The van der Waals surface area contributed by atoms with E-state index in [9.17, 15) is 4.79 Å². The van der Waals surface area contributed by atoms with Gasteiger partial charge in [-0.2, -0.15) is 0 Å². The van der Waals surface area contributed by atoms with Crippen molar-refractivity contribution in [3.8, 4) is 0 Å². The van der Waals surface area contributed by atoms with Crippen LogP contribution in [0.25, 0.3) is 10.9 Å². The number of nitrogens with one attached hydrogen (secondary N) is 2. The smallest absolute Gasteiger partial charge is 0.255 e. The van der Waals surface area contributed by atoms with E-state index < -0.39 is 0 Å². The number of aryl methyl sites for hydroxylation is 1. The molecule has 0 saturated heterocycles. The Balaban J connectivity index is 1.87. The standard InChI is InChI=1S/C19H21N3O/c1-13-4-6-18(16(10-13)12-22(2)3)21-19(23)15-5-7-17-14(11-15)8-9-20-17/h4-11,20H,12H2,1-3H3,(H,21,23). The van der Waals surface area contributed by atoms with E-state index in [0.717, 1.165) is 28.7 Å². The highest BCUT2D eigenvalue weighted by molar-refractivity contribution is 6.06. The zero-order valence-electron chi connectivity index (χ0n) is 13.7. The maximum absolute atomic E-state index is 12.6. The molecule has 0 aliphatic rings. The lowest BCUT2D eigenvalue weighted by molar-refractivity contribution is 0.102. The average Bonchev–Trinajstić information content (AvgIpc) is 2.96. The first-order chi connectivity index (χ1) is 11.0. The Bertz CT molecular complexity index is 849. The van der Waals surface area contributed by atoms with E-state index in [4.69, 9.17) is 0 Å². The zero-order chi connectivity index (χ0) is 16.4. The summed E-state index contributed by atoms with van der Waals surface area (Å²) in [6, 6.07) is 13.8. The van der Waals surface area contributed by atoms with E-state index in [0.29, 0.717) is 5.56 Å². The van der Waals surface area contributed by atoms with Crippen LogP contribution in [0.15, 0.2) is 48.7 Å². The monoisotopic (exact) mass is 307 g/mol. The molecule has 2 aromatic carbocycles. The second-order valence-corrected chi connectivity index (χ2v) is 6.13. The number of aromatic amines is 1. The van der Waals surface area contributed by atoms with E-state index in [1.807, 2.05) is 56.7 Å². The van der Waals surface area contributed by atoms with Crippen LogP contribution in [-0.4, -0.2) is 29.9 Å². The minimum atomic E-state index is -0.0861. The van der Waals surface area contributed by atoms with E-state index >= 15 is 0 Å². The Labute approximate surface area is 136 Å². The molecule has 0 unspecified atom stereocenters. The number of fused-ring (bicyclic) bond motifs is 1. The number of H-pyrrole nitrogens is 1. The molecule has 0 radical (unpaired) electrons. The van der Waals surface area contributed by atoms with E-state index in [-0.39, 0.29) is 5.91 Å². The molecule has 0 aliphatic heterocycles. The van der Waals surface area contributed by atoms with Gasteiger partial charge in [-0.1, -0.05) is 17.7 Å². The number of amides is 1. The lowest BCUT2D eigenvalue weighted by Crippen LogP contribution is -2.16. The molecule has 0 atom stereocenters. The van der Waals surface area contributed by atoms with Crippen LogP contribution in [0.2, 0.25) is 0 Å². The Morgan fingerprint density at radius 1 is 1.13 bits per heavy atom. The van der Waals surface area contributed by atoms with Gasteiger partial charge in [-0.25, -0.2) is 0 Å². The molecule has 1 amide bonds. The molecule has 1 aromatic heterocycles. The summed E-state index contributed by atoms with van der Waals surface area (Å²) in [4.78, 5) is 17.8. The lowest BCUT2D eigenvalue weighted by atomic mass is 10.1. The second kappa shape index (κ2) is 6.26. The van der Waals surface area contributed by atoms with E-state index in [1.54, 1.807) is 0 Å². The predicted octanol–water partition coefficient (Wildman–Crippen LogP) is 3.79. The van der Waals surface area contributed by atoms with Crippen molar-refractivity contribution in [3.63, 3.8) is 0 Å². The fourth-order valence-corrected chi connectivity index (χ4v) is 2.70. The Morgan fingerprint density at radius 2 is 1.96 bits per heavy atom. The summed E-state index contributed by atoms with van der Waals surface area (Å²) in [6.45, 7) is 2.85. The maximum Gasteiger partial charge on any atom is 0.255 e. The van der Waals surface area contributed by atoms with Crippen molar-refractivity contribution in [1.29, 1.82) is 0 Å². The van der Waals surface area contributed by atoms with Crippen molar-refractivity contribution in [2.24, 2.45) is 0 Å². The Morgan fingerprint density at radius 3 is 2.74 bits per heavy atom. The Kier molecular flexibility index (Phi) is 4.17. The fraction of sp³-hybridized carbons (Fsp3) is 0.211. The number of aromatic nitrogens is 1. The molecule has 3 rings (SSSR count). The average molecular weight is 307 g/mol. The number of anilines is 1. The molecule has 0 spiro atoms. The molecule has 4 nitrogen and oxygen atoms in total. The van der Waals surface area contributed by atoms with Gasteiger partial charge in [0.15, 0.2) is 0 Å². The van der Waals surface area contributed by atoms with Crippen LogP contribution in [0.5, 0.6) is 0 Å². The molecular formula is C19H21N3O. The Hall–Kier alpha value is -2.59. The third-order valence-electron chi connectivity index (χ3n) is 3.81. The van der Waals surface area contributed by atoms with Crippen LogP contribution < -0.4 is 5.32 Å². The van der Waals surface area contributed by atoms with Crippen molar-refractivity contribution in [1.82, 2.24) is 9.88 Å². The number of carbonyl (C=O) groups excluding carboxylic acids is 1. The second-order valence-electron chi connectivity index (χ2n) is 6.13. The molecular weight excluding hydrogens is 286 g/mol. The van der Waals surface area contributed by atoms with Gasteiger partial charge in [0.2, 0.25) is 0 Å². The predicted molar refractivity (Wildman–Crippen MR) is 94.8 cm³/mol. The summed E-state index contributed by atoms with van der Waals surface area (Å²) in [7, 11) is 4.04.